The first-order valence-electron chi connectivity index (χ1n) is 12.0. The van der Waals surface area contributed by atoms with Gasteiger partial charge >= 0.3 is 6.09 Å². The molecule has 14 heteroatoms. The number of nitrogens with zero attached hydrogens (tertiary/aromatic N) is 5. The molecule has 2 amide bonds. The molecule has 0 aliphatic carbocycles. The minimum atomic E-state index is -3.86. The fraction of sp³-hybridized carbons (Fsp3) is 0.320. The van der Waals surface area contributed by atoms with E-state index in [9.17, 15) is 18.0 Å². The third kappa shape index (κ3) is 5.20. The first-order chi connectivity index (χ1) is 18.8. The van der Waals surface area contributed by atoms with Gasteiger partial charge in [-0.3, -0.25) is 9.69 Å². The van der Waals surface area contributed by atoms with Crippen molar-refractivity contribution in [2.45, 2.75) is 24.6 Å². The summed E-state index contributed by atoms with van der Waals surface area (Å²) in [4.78, 5) is 26.5. The maximum absolute atomic E-state index is 13.1. The van der Waals surface area contributed by atoms with Crippen molar-refractivity contribution in [3.63, 3.8) is 0 Å². The Kier molecular flexibility index (Phi) is 7.30. The van der Waals surface area contributed by atoms with Gasteiger partial charge in [-0.1, -0.05) is 42.5 Å². The van der Waals surface area contributed by atoms with Crippen LogP contribution in [0.3, 0.4) is 0 Å². The number of benzene rings is 2. The Morgan fingerprint density at radius 3 is 2.51 bits per heavy atom. The topological polar surface area (TPSA) is 155 Å². The summed E-state index contributed by atoms with van der Waals surface area (Å²) >= 11 is 0. The summed E-state index contributed by atoms with van der Waals surface area (Å²) in [5.74, 6) is -0.166. The Balaban J connectivity index is 1.44. The predicted octanol–water partition coefficient (Wildman–Crippen LogP) is 0.979. The standard InChI is InChI=1S/C25H26N6O7S/c1-36-19-10-8-17(9-11-19)13-30-22(27-28-29-30)20-18(14-38-25(33)26-12-16-6-4-3-5-7-16)15-39(34,35)24-21(37-2)23(32)31(20)24/h3-11,21,24H,12-15H2,1-2H3,(H,26,33)/t21-,24+/m0/s1. The lowest BCUT2D eigenvalue weighted by molar-refractivity contribution is -0.156. The van der Waals surface area contributed by atoms with Crippen molar-refractivity contribution in [2.24, 2.45) is 0 Å². The molecule has 1 N–H and O–H groups in total. The first-order valence-corrected chi connectivity index (χ1v) is 13.7. The highest BCUT2D eigenvalue weighted by Crippen LogP contribution is 2.41. The maximum atomic E-state index is 13.1. The lowest BCUT2D eigenvalue weighted by Gasteiger charge is -2.48. The molecule has 2 aliphatic heterocycles. The number of tetrazole rings is 1. The molecule has 39 heavy (non-hydrogen) atoms. The first kappa shape index (κ1) is 26.3. The molecule has 2 atom stereocenters. The van der Waals surface area contributed by atoms with Crippen molar-refractivity contribution in [1.29, 1.82) is 0 Å². The van der Waals surface area contributed by atoms with E-state index in [1.54, 1.807) is 19.2 Å². The van der Waals surface area contributed by atoms with Gasteiger partial charge in [0, 0.05) is 19.2 Å². The van der Waals surface area contributed by atoms with Crippen LogP contribution < -0.4 is 10.1 Å². The van der Waals surface area contributed by atoms with Crippen LogP contribution in [0.25, 0.3) is 5.70 Å². The average molecular weight is 555 g/mol. The molecule has 5 rings (SSSR count). The Morgan fingerprint density at radius 1 is 1.08 bits per heavy atom. The zero-order valence-corrected chi connectivity index (χ0v) is 22.0. The van der Waals surface area contributed by atoms with Crippen molar-refractivity contribution in [1.82, 2.24) is 30.4 Å². The number of carbonyl (C=O) groups excluding carboxylic acids is 2. The van der Waals surface area contributed by atoms with Gasteiger partial charge in [-0.15, -0.1) is 5.10 Å². The van der Waals surface area contributed by atoms with Crippen LogP contribution in [0.5, 0.6) is 5.75 Å². The molecule has 0 saturated carbocycles. The van der Waals surface area contributed by atoms with E-state index in [1.165, 1.54) is 11.8 Å². The summed E-state index contributed by atoms with van der Waals surface area (Å²) in [7, 11) is -1.01. The number of hydrogen-bond acceptors (Lipinski definition) is 10. The number of fused-ring (bicyclic) bond motifs is 1. The van der Waals surface area contributed by atoms with Crippen LogP contribution in [0, 0.1) is 0 Å². The third-order valence-electron chi connectivity index (χ3n) is 6.46. The van der Waals surface area contributed by atoms with Crippen LogP contribution in [-0.4, -0.2) is 83.6 Å². The van der Waals surface area contributed by atoms with E-state index in [1.807, 2.05) is 42.5 Å². The molecule has 0 unspecified atom stereocenters. The maximum Gasteiger partial charge on any atom is 0.407 e. The van der Waals surface area contributed by atoms with E-state index in [2.05, 4.69) is 20.8 Å². The lowest BCUT2D eigenvalue weighted by Crippen LogP contribution is -2.69. The molecule has 2 aliphatic rings. The van der Waals surface area contributed by atoms with Crippen molar-refractivity contribution < 1.29 is 32.2 Å². The summed E-state index contributed by atoms with van der Waals surface area (Å²) < 4.78 is 43.5. The predicted molar refractivity (Wildman–Crippen MR) is 137 cm³/mol. The number of ether oxygens (including phenoxy) is 3. The number of sulfone groups is 1. The number of aromatic nitrogens is 4. The van der Waals surface area contributed by atoms with Crippen LogP contribution in [0.15, 0.2) is 60.2 Å². The number of carbonyl (C=O) groups is 2. The van der Waals surface area contributed by atoms with E-state index in [-0.39, 0.29) is 30.2 Å². The number of alkyl carbamates (subject to hydrolysis) is 1. The van der Waals surface area contributed by atoms with Gasteiger partial charge in [0.25, 0.3) is 5.91 Å². The zero-order valence-electron chi connectivity index (χ0n) is 21.2. The molecule has 3 aromatic rings. The average Bonchev–Trinajstić information content (AvgIpc) is 3.39. The zero-order chi connectivity index (χ0) is 27.6. The Morgan fingerprint density at radius 2 is 1.82 bits per heavy atom. The fourth-order valence-electron chi connectivity index (χ4n) is 4.54. The van der Waals surface area contributed by atoms with Gasteiger partial charge < -0.3 is 19.5 Å². The van der Waals surface area contributed by atoms with Crippen molar-refractivity contribution in [3.8, 4) is 5.75 Å². The molecule has 13 nitrogen and oxygen atoms in total. The summed E-state index contributed by atoms with van der Waals surface area (Å²) in [6.07, 6.45) is -1.89. The van der Waals surface area contributed by atoms with Gasteiger partial charge in [-0.2, -0.15) is 0 Å². The summed E-state index contributed by atoms with van der Waals surface area (Å²) in [5, 5.41) is 13.3. The molecule has 1 saturated heterocycles. The number of hydrogen-bond donors (Lipinski definition) is 1. The van der Waals surface area contributed by atoms with Gasteiger partial charge in [0.2, 0.25) is 0 Å². The third-order valence-corrected chi connectivity index (χ3v) is 8.40. The van der Waals surface area contributed by atoms with E-state index in [4.69, 9.17) is 14.2 Å². The van der Waals surface area contributed by atoms with Gasteiger partial charge in [0.05, 0.1) is 25.1 Å². The van der Waals surface area contributed by atoms with Gasteiger partial charge in [0.15, 0.2) is 27.1 Å². The molecule has 3 heterocycles. The molecular formula is C25H26N6O7S. The number of rotatable bonds is 9. The number of β-lactam (4-membered cyclic amide) rings is 1. The summed E-state index contributed by atoms with van der Waals surface area (Å²) in [6.45, 7) is 0.0690. The van der Waals surface area contributed by atoms with Crippen LogP contribution in [0.4, 0.5) is 4.79 Å². The summed E-state index contributed by atoms with van der Waals surface area (Å²) in [6, 6.07) is 16.5. The highest BCUT2D eigenvalue weighted by molar-refractivity contribution is 7.92. The van der Waals surface area contributed by atoms with E-state index in [0.717, 1.165) is 16.0 Å². The van der Waals surface area contributed by atoms with Crippen molar-refractivity contribution in [3.05, 3.63) is 77.1 Å². The van der Waals surface area contributed by atoms with Crippen LogP contribution in [-0.2, 0) is 37.2 Å². The quantitative estimate of drug-likeness (QED) is 0.379. The van der Waals surface area contributed by atoms with Gasteiger partial charge in [-0.05, 0) is 33.7 Å². The van der Waals surface area contributed by atoms with Gasteiger partial charge in [0.1, 0.15) is 12.4 Å². The normalized spacial score (nSPS) is 19.7. The van der Waals surface area contributed by atoms with E-state index in [0.29, 0.717) is 5.75 Å². The SMILES string of the molecule is COc1ccc(Cn2nnnc2C2=C(COC(=O)NCc3ccccc3)CS(=O)(=O)[C@@H]3[C@@H](OC)C(=O)N23)cc1. The fourth-order valence-corrected chi connectivity index (χ4v) is 6.55. The molecule has 1 aromatic heterocycles. The monoisotopic (exact) mass is 554 g/mol. The van der Waals surface area contributed by atoms with Crippen molar-refractivity contribution >= 4 is 27.5 Å². The molecule has 0 radical (unpaired) electrons. The highest BCUT2D eigenvalue weighted by Gasteiger charge is 2.60. The molecule has 2 aromatic carbocycles. The van der Waals surface area contributed by atoms with E-state index < -0.39 is 45.7 Å². The number of methoxy groups -OCH3 is 2. The Labute approximate surface area is 224 Å². The molecule has 204 valence electrons. The van der Waals surface area contributed by atoms with Crippen molar-refractivity contribution in [2.75, 3.05) is 26.6 Å². The summed E-state index contributed by atoms with van der Waals surface area (Å²) in [5.41, 5.74) is 2.07. The minimum Gasteiger partial charge on any atom is -0.497 e. The second-order valence-corrected chi connectivity index (χ2v) is 11.0. The smallest absolute Gasteiger partial charge is 0.407 e. The van der Waals surface area contributed by atoms with Crippen LogP contribution in [0.2, 0.25) is 0 Å². The highest BCUT2D eigenvalue weighted by atomic mass is 32.2. The van der Waals surface area contributed by atoms with E-state index >= 15 is 0 Å². The number of amides is 2. The number of nitrogens with one attached hydrogen (secondary N) is 1. The minimum absolute atomic E-state index is 0.164. The lowest BCUT2D eigenvalue weighted by atomic mass is 10.0. The largest absolute Gasteiger partial charge is 0.497 e. The van der Waals surface area contributed by atoms with Gasteiger partial charge in [-0.25, -0.2) is 17.9 Å². The Hall–Kier alpha value is -4.30. The Bertz CT molecular complexity index is 1510. The molecule has 0 spiro atoms. The second kappa shape index (κ2) is 10.8. The molecule has 0 bridgehead atoms. The van der Waals surface area contributed by atoms with Crippen LogP contribution in [0.1, 0.15) is 17.0 Å². The molecule has 1 fully saturated rings. The molecular weight excluding hydrogens is 528 g/mol. The second-order valence-electron chi connectivity index (χ2n) is 8.94. The van der Waals surface area contributed by atoms with Crippen LogP contribution >= 0.6 is 0 Å².